The highest BCUT2D eigenvalue weighted by Crippen LogP contribution is 2.47. The fraction of sp³-hybridized carbons (Fsp3) is 0.579. The molecule has 3 rings (SSSR count). The Labute approximate surface area is 171 Å². The van der Waals surface area contributed by atoms with Crippen LogP contribution in [0.4, 0.5) is 18.9 Å². The van der Waals surface area contributed by atoms with Gasteiger partial charge in [-0.2, -0.15) is 13.2 Å². The number of alkyl halides is 3. The molecule has 1 aromatic carbocycles. The van der Waals surface area contributed by atoms with Crippen LogP contribution in [-0.4, -0.2) is 38.6 Å². The van der Waals surface area contributed by atoms with Crippen LogP contribution in [0.3, 0.4) is 0 Å². The van der Waals surface area contributed by atoms with E-state index in [0.717, 1.165) is 12.5 Å². The quantitative estimate of drug-likeness (QED) is 0.666. The number of hydrogen-bond donors (Lipinski definition) is 1. The number of nitrogens with zero attached hydrogens (tertiary/aromatic N) is 1. The van der Waals surface area contributed by atoms with Gasteiger partial charge in [-0.3, -0.25) is 9.59 Å². The van der Waals surface area contributed by atoms with Gasteiger partial charge in [-0.05, 0) is 38.0 Å². The molecule has 2 heterocycles. The largest absolute Gasteiger partial charge is 0.418 e. The van der Waals surface area contributed by atoms with Gasteiger partial charge in [-0.15, -0.1) is 23.5 Å². The van der Waals surface area contributed by atoms with Crippen LogP contribution in [0.1, 0.15) is 45.6 Å². The number of anilines is 1. The second-order valence-electron chi connectivity index (χ2n) is 7.30. The van der Waals surface area contributed by atoms with Crippen molar-refractivity contribution in [3.8, 4) is 0 Å². The number of halogens is 3. The molecule has 4 nitrogen and oxygen atoms in total. The van der Waals surface area contributed by atoms with E-state index >= 15 is 0 Å². The van der Waals surface area contributed by atoms with Crippen LogP contribution in [0.5, 0.6) is 0 Å². The fourth-order valence-corrected chi connectivity index (χ4v) is 5.88. The molecule has 2 fully saturated rings. The Hall–Kier alpha value is -1.35. The van der Waals surface area contributed by atoms with Gasteiger partial charge in [-0.25, -0.2) is 0 Å². The van der Waals surface area contributed by atoms with Gasteiger partial charge in [0.15, 0.2) is 0 Å². The molecule has 3 atom stereocenters. The molecule has 2 aliphatic heterocycles. The van der Waals surface area contributed by atoms with E-state index in [9.17, 15) is 22.8 Å². The molecule has 1 N–H and O–H groups in total. The number of carbonyl (C=O) groups excluding carboxylic acids is 2. The Morgan fingerprint density at radius 2 is 2.18 bits per heavy atom. The highest BCUT2D eigenvalue weighted by Gasteiger charge is 2.53. The number of thioether (sulfide) groups is 2. The predicted octanol–water partition coefficient (Wildman–Crippen LogP) is 4.99. The monoisotopic (exact) mass is 432 g/mol. The van der Waals surface area contributed by atoms with E-state index in [2.05, 4.69) is 5.32 Å². The summed E-state index contributed by atoms with van der Waals surface area (Å²) < 4.78 is 40.8. The van der Waals surface area contributed by atoms with Crippen LogP contribution < -0.4 is 5.32 Å². The number of rotatable bonds is 5. The average molecular weight is 433 g/mol. The number of amides is 2. The zero-order chi connectivity index (χ0) is 20.7. The van der Waals surface area contributed by atoms with E-state index in [4.69, 9.17) is 0 Å². The lowest BCUT2D eigenvalue weighted by atomic mass is 10.1. The standard InChI is InChI=1S/C19H23F3N2O2S2/c1-4-11(2)28-12-5-6-14(13(9-12)19(20,21)22)23-17(26)15-10-27-18(3)8-7-16(25)24(15)18/h5-6,9,11,15H,4,7-8,10H2,1-3H3,(H,23,26). The maximum Gasteiger partial charge on any atom is 0.418 e. The second-order valence-corrected chi connectivity index (χ2v) is 10.3. The number of hydrogen-bond acceptors (Lipinski definition) is 4. The molecule has 0 aliphatic carbocycles. The van der Waals surface area contributed by atoms with Crippen molar-refractivity contribution in [3.05, 3.63) is 23.8 Å². The van der Waals surface area contributed by atoms with Gasteiger partial charge in [0.05, 0.1) is 16.1 Å². The predicted molar refractivity (Wildman–Crippen MR) is 106 cm³/mol. The smallest absolute Gasteiger partial charge is 0.324 e. The van der Waals surface area contributed by atoms with Gasteiger partial charge in [-0.1, -0.05) is 13.8 Å². The Kier molecular flexibility index (Phi) is 5.96. The molecule has 0 aromatic heterocycles. The third-order valence-corrected chi connectivity index (χ3v) is 7.98. The summed E-state index contributed by atoms with van der Waals surface area (Å²) in [5.74, 6) is -0.305. The molecular formula is C19H23F3N2O2S2. The first-order valence-corrected chi connectivity index (χ1v) is 11.1. The molecular weight excluding hydrogens is 409 g/mol. The molecule has 0 spiro atoms. The summed E-state index contributed by atoms with van der Waals surface area (Å²) in [6, 6.07) is 3.23. The molecule has 2 amide bonds. The second kappa shape index (κ2) is 7.82. The van der Waals surface area contributed by atoms with Gasteiger partial charge in [0.2, 0.25) is 11.8 Å². The Bertz CT molecular complexity index is 787. The number of nitrogens with one attached hydrogen (secondary N) is 1. The van der Waals surface area contributed by atoms with Crippen molar-refractivity contribution in [2.45, 2.75) is 67.3 Å². The van der Waals surface area contributed by atoms with Crippen LogP contribution in [0.25, 0.3) is 0 Å². The van der Waals surface area contributed by atoms with Crippen LogP contribution in [0.15, 0.2) is 23.1 Å². The first kappa shape index (κ1) is 21.4. The summed E-state index contributed by atoms with van der Waals surface area (Å²) >= 11 is 2.88. The number of benzene rings is 1. The zero-order valence-corrected chi connectivity index (χ0v) is 17.6. The minimum absolute atomic E-state index is 0.121. The highest BCUT2D eigenvalue weighted by molar-refractivity contribution is 8.01. The molecule has 9 heteroatoms. The van der Waals surface area contributed by atoms with Crippen molar-refractivity contribution in [1.29, 1.82) is 0 Å². The summed E-state index contributed by atoms with van der Waals surface area (Å²) in [6.07, 6.45) is -2.73. The SMILES string of the molecule is CCC(C)Sc1ccc(NC(=O)C2CSC3(C)CCC(=O)N23)c(C(F)(F)F)c1. The van der Waals surface area contributed by atoms with Gasteiger partial charge in [0.1, 0.15) is 6.04 Å². The van der Waals surface area contributed by atoms with Crippen molar-refractivity contribution in [2.24, 2.45) is 0 Å². The minimum atomic E-state index is -4.59. The molecule has 3 unspecified atom stereocenters. The van der Waals surface area contributed by atoms with Crippen LogP contribution >= 0.6 is 23.5 Å². The maximum atomic E-state index is 13.6. The molecule has 0 radical (unpaired) electrons. The maximum absolute atomic E-state index is 13.6. The lowest BCUT2D eigenvalue weighted by molar-refractivity contribution is -0.138. The Balaban J connectivity index is 1.83. The summed E-state index contributed by atoms with van der Waals surface area (Å²) in [4.78, 5) is 26.5. The normalized spacial score (nSPS) is 25.7. The van der Waals surface area contributed by atoms with E-state index < -0.39 is 28.6 Å². The van der Waals surface area contributed by atoms with E-state index in [1.54, 1.807) is 6.07 Å². The third kappa shape index (κ3) is 4.15. The Morgan fingerprint density at radius 3 is 2.82 bits per heavy atom. The van der Waals surface area contributed by atoms with Gasteiger partial charge in [0, 0.05) is 22.3 Å². The molecule has 2 saturated heterocycles. The molecule has 28 heavy (non-hydrogen) atoms. The van der Waals surface area contributed by atoms with E-state index in [-0.39, 0.29) is 16.8 Å². The van der Waals surface area contributed by atoms with Gasteiger partial charge in [0.25, 0.3) is 0 Å². The van der Waals surface area contributed by atoms with Crippen molar-refractivity contribution >= 4 is 41.0 Å². The average Bonchev–Trinajstić information content (AvgIpc) is 3.11. The highest BCUT2D eigenvalue weighted by atomic mass is 32.2. The summed E-state index contributed by atoms with van der Waals surface area (Å²) in [6.45, 7) is 5.83. The lowest BCUT2D eigenvalue weighted by Crippen LogP contribution is -2.48. The number of carbonyl (C=O) groups is 2. The van der Waals surface area contributed by atoms with Crippen molar-refractivity contribution in [3.63, 3.8) is 0 Å². The van der Waals surface area contributed by atoms with Crippen molar-refractivity contribution in [2.75, 3.05) is 11.1 Å². The lowest BCUT2D eigenvalue weighted by Gasteiger charge is -2.30. The topological polar surface area (TPSA) is 49.4 Å². The van der Waals surface area contributed by atoms with Crippen LogP contribution in [0, 0.1) is 0 Å². The zero-order valence-electron chi connectivity index (χ0n) is 15.9. The molecule has 2 aliphatic rings. The summed E-state index contributed by atoms with van der Waals surface area (Å²) in [5, 5.41) is 2.62. The van der Waals surface area contributed by atoms with Crippen molar-refractivity contribution in [1.82, 2.24) is 4.90 Å². The molecule has 1 aromatic rings. The van der Waals surface area contributed by atoms with E-state index in [0.29, 0.717) is 23.5 Å². The van der Waals surface area contributed by atoms with E-state index in [1.807, 2.05) is 20.8 Å². The van der Waals surface area contributed by atoms with Crippen LogP contribution in [-0.2, 0) is 15.8 Å². The van der Waals surface area contributed by atoms with Gasteiger partial charge < -0.3 is 10.2 Å². The first-order chi connectivity index (χ1) is 13.0. The summed E-state index contributed by atoms with van der Waals surface area (Å²) in [5.41, 5.74) is -1.13. The van der Waals surface area contributed by atoms with Crippen LogP contribution in [0.2, 0.25) is 0 Å². The number of fused-ring (bicyclic) bond motifs is 1. The fourth-order valence-electron chi connectivity index (χ4n) is 3.49. The van der Waals surface area contributed by atoms with E-state index in [1.165, 1.54) is 34.5 Å². The van der Waals surface area contributed by atoms with Gasteiger partial charge >= 0.3 is 6.18 Å². The first-order valence-electron chi connectivity index (χ1n) is 9.20. The molecule has 0 bridgehead atoms. The molecule has 154 valence electrons. The minimum Gasteiger partial charge on any atom is -0.324 e. The third-order valence-electron chi connectivity index (χ3n) is 5.21. The Morgan fingerprint density at radius 1 is 1.46 bits per heavy atom. The van der Waals surface area contributed by atoms with Crippen molar-refractivity contribution < 1.29 is 22.8 Å². The summed E-state index contributed by atoms with van der Waals surface area (Å²) in [7, 11) is 0. The molecule has 0 saturated carbocycles.